The first-order valence-electron chi connectivity index (χ1n) is 10.6. The highest BCUT2D eigenvalue weighted by molar-refractivity contribution is 14.0. The first-order valence-corrected chi connectivity index (χ1v) is 10.6. The van der Waals surface area contributed by atoms with E-state index in [0.29, 0.717) is 24.2 Å². The number of amides is 1. The number of benzene rings is 1. The largest absolute Gasteiger partial charge is 0.489 e. The summed E-state index contributed by atoms with van der Waals surface area (Å²) in [7, 11) is 1.74. The van der Waals surface area contributed by atoms with Gasteiger partial charge in [0.05, 0.1) is 6.54 Å². The maximum Gasteiger partial charge on any atom is 0.225 e. The molecule has 0 aromatic heterocycles. The predicted octanol–water partition coefficient (Wildman–Crippen LogP) is 3.80. The average Bonchev–Trinajstić information content (AvgIpc) is 2.72. The van der Waals surface area contributed by atoms with E-state index >= 15 is 0 Å². The van der Waals surface area contributed by atoms with Crippen molar-refractivity contribution in [3.05, 3.63) is 30.1 Å². The molecule has 2 N–H and O–H groups in total. The zero-order chi connectivity index (χ0) is 21.2. The number of rotatable bonds is 8. The van der Waals surface area contributed by atoms with Gasteiger partial charge in [0.2, 0.25) is 5.91 Å². The standard InChI is InChI=1S/C22H35FN4O2.HI/c1-5-17(6-2)21(28)27-12-10-19(11-13-27)26-22(24-4)25-15-16(3)29-20-9-7-8-18(23)14-20;/h7-9,14,16-17,19H,5-6,10-13,15H2,1-4H3,(H2,24,25,26);1H. The second-order valence-corrected chi connectivity index (χ2v) is 7.60. The number of hydrogen-bond acceptors (Lipinski definition) is 3. The molecule has 1 aliphatic rings. The molecule has 1 amide bonds. The van der Waals surface area contributed by atoms with Gasteiger partial charge in [-0.2, -0.15) is 0 Å². The minimum Gasteiger partial charge on any atom is -0.489 e. The summed E-state index contributed by atoms with van der Waals surface area (Å²) in [5.74, 6) is 1.35. The van der Waals surface area contributed by atoms with Gasteiger partial charge < -0.3 is 20.3 Å². The molecule has 1 aromatic carbocycles. The number of ether oxygens (including phenoxy) is 1. The van der Waals surface area contributed by atoms with E-state index in [1.54, 1.807) is 19.2 Å². The molecule has 30 heavy (non-hydrogen) atoms. The number of aliphatic imine (C=N–C) groups is 1. The van der Waals surface area contributed by atoms with Crippen LogP contribution in [0.25, 0.3) is 0 Å². The van der Waals surface area contributed by atoms with Gasteiger partial charge in [0.25, 0.3) is 0 Å². The van der Waals surface area contributed by atoms with Gasteiger partial charge in [-0.1, -0.05) is 19.9 Å². The maximum absolute atomic E-state index is 13.3. The van der Waals surface area contributed by atoms with Crippen molar-refractivity contribution < 1.29 is 13.9 Å². The Morgan fingerprint density at radius 3 is 2.53 bits per heavy atom. The quantitative estimate of drug-likeness (QED) is 0.303. The van der Waals surface area contributed by atoms with Crippen molar-refractivity contribution >= 4 is 35.8 Å². The minimum atomic E-state index is -0.311. The molecule has 1 unspecified atom stereocenters. The van der Waals surface area contributed by atoms with Crippen LogP contribution in [0.1, 0.15) is 46.5 Å². The third-order valence-corrected chi connectivity index (χ3v) is 5.40. The molecule has 170 valence electrons. The molecule has 6 nitrogen and oxygen atoms in total. The lowest BCUT2D eigenvalue weighted by molar-refractivity contribution is -0.136. The summed E-state index contributed by atoms with van der Waals surface area (Å²) >= 11 is 0. The maximum atomic E-state index is 13.3. The Kier molecular flexibility index (Phi) is 12.1. The average molecular weight is 534 g/mol. The van der Waals surface area contributed by atoms with E-state index in [0.717, 1.165) is 38.8 Å². The molecule has 0 bridgehead atoms. The van der Waals surface area contributed by atoms with Crippen molar-refractivity contribution in [2.75, 3.05) is 26.7 Å². The Bertz CT molecular complexity index is 677. The van der Waals surface area contributed by atoms with Gasteiger partial charge in [0.1, 0.15) is 17.7 Å². The minimum absolute atomic E-state index is 0. The topological polar surface area (TPSA) is 66.0 Å². The van der Waals surface area contributed by atoms with Gasteiger partial charge in [-0.25, -0.2) is 4.39 Å². The zero-order valence-electron chi connectivity index (χ0n) is 18.5. The second-order valence-electron chi connectivity index (χ2n) is 7.60. The molecule has 0 saturated carbocycles. The highest BCUT2D eigenvalue weighted by Crippen LogP contribution is 2.17. The summed E-state index contributed by atoms with van der Waals surface area (Å²) < 4.78 is 19.0. The summed E-state index contributed by atoms with van der Waals surface area (Å²) in [5.41, 5.74) is 0. The highest BCUT2D eigenvalue weighted by Gasteiger charge is 2.26. The van der Waals surface area contributed by atoms with Crippen LogP contribution in [0.4, 0.5) is 4.39 Å². The molecular weight excluding hydrogens is 498 g/mol. The number of hydrogen-bond donors (Lipinski definition) is 2. The third-order valence-electron chi connectivity index (χ3n) is 5.40. The molecule has 0 aliphatic carbocycles. The molecule has 1 aromatic rings. The van der Waals surface area contributed by atoms with Crippen LogP contribution in [0.2, 0.25) is 0 Å². The Balaban J connectivity index is 0.00000450. The summed E-state index contributed by atoms with van der Waals surface area (Å²) in [6.07, 6.45) is 3.47. The lowest BCUT2D eigenvalue weighted by atomic mass is 9.98. The lowest BCUT2D eigenvalue weighted by Crippen LogP contribution is -2.51. The van der Waals surface area contributed by atoms with Crippen molar-refractivity contribution in [3.8, 4) is 5.75 Å². The number of nitrogens with zero attached hydrogens (tertiary/aromatic N) is 2. The Morgan fingerprint density at radius 1 is 1.30 bits per heavy atom. The monoisotopic (exact) mass is 534 g/mol. The normalized spacial score (nSPS) is 16.1. The number of piperidine rings is 1. The fourth-order valence-corrected chi connectivity index (χ4v) is 3.58. The molecule has 2 rings (SSSR count). The fraction of sp³-hybridized carbons (Fsp3) is 0.636. The zero-order valence-corrected chi connectivity index (χ0v) is 20.8. The summed E-state index contributed by atoms with van der Waals surface area (Å²) in [6, 6.07) is 6.42. The first-order chi connectivity index (χ1) is 14.0. The van der Waals surface area contributed by atoms with Gasteiger partial charge in [-0.05, 0) is 44.7 Å². The van der Waals surface area contributed by atoms with Crippen LogP contribution < -0.4 is 15.4 Å². The Labute approximate surface area is 197 Å². The SMILES string of the molecule is CCC(CC)C(=O)N1CCC(NC(=NC)NCC(C)Oc2cccc(F)c2)CC1.I. The number of likely N-dealkylation sites (tertiary alicyclic amines) is 1. The van der Waals surface area contributed by atoms with Crippen molar-refractivity contribution in [1.29, 1.82) is 0 Å². The van der Waals surface area contributed by atoms with E-state index in [1.807, 2.05) is 11.8 Å². The van der Waals surface area contributed by atoms with Gasteiger partial charge in [0.15, 0.2) is 5.96 Å². The number of halogens is 2. The van der Waals surface area contributed by atoms with Crippen LogP contribution in [0.5, 0.6) is 5.75 Å². The van der Waals surface area contributed by atoms with Gasteiger partial charge in [-0.15, -0.1) is 24.0 Å². The predicted molar refractivity (Wildman–Crippen MR) is 130 cm³/mol. The summed E-state index contributed by atoms with van der Waals surface area (Å²) in [6.45, 7) is 8.19. The Morgan fingerprint density at radius 2 is 1.97 bits per heavy atom. The molecule has 1 saturated heterocycles. The van der Waals surface area contributed by atoms with Crippen LogP contribution in [0, 0.1) is 11.7 Å². The number of carbonyl (C=O) groups excluding carboxylic acids is 1. The summed E-state index contributed by atoms with van der Waals surface area (Å²) in [4.78, 5) is 18.8. The first kappa shape index (κ1) is 26.5. The second kappa shape index (κ2) is 13.7. The molecule has 1 fully saturated rings. The van der Waals surface area contributed by atoms with Crippen molar-refractivity contribution in [2.24, 2.45) is 10.9 Å². The number of guanidine groups is 1. The van der Waals surface area contributed by atoms with Gasteiger partial charge in [-0.3, -0.25) is 9.79 Å². The van der Waals surface area contributed by atoms with E-state index in [1.165, 1.54) is 12.1 Å². The Hall–Kier alpha value is -1.58. The molecule has 1 aliphatic heterocycles. The smallest absolute Gasteiger partial charge is 0.225 e. The summed E-state index contributed by atoms with van der Waals surface area (Å²) in [5, 5.41) is 6.70. The molecule has 1 heterocycles. The van der Waals surface area contributed by atoms with Gasteiger partial charge in [0, 0.05) is 38.2 Å². The molecule has 0 radical (unpaired) electrons. The van der Waals surface area contributed by atoms with E-state index in [2.05, 4.69) is 29.5 Å². The lowest BCUT2D eigenvalue weighted by Gasteiger charge is -2.35. The van der Waals surface area contributed by atoms with Crippen LogP contribution in [0.15, 0.2) is 29.3 Å². The van der Waals surface area contributed by atoms with Gasteiger partial charge >= 0.3 is 0 Å². The van der Waals surface area contributed by atoms with E-state index < -0.39 is 0 Å². The van der Waals surface area contributed by atoms with Crippen LogP contribution in [0.3, 0.4) is 0 Å². The van der Waals surface area contributed by atoms with Crippen molar-refractivity contribution in [3.63, 3.8) is 0 Å². The van der Waals surface area contributed by atoms with Crippen molar-refractivity contribution in [2.45, 2.75) is 58.6 Å². The number of carbonyl (C=O) groups is 1. The molecule has 1 atom stereocenters. The highest BCUT2D eigenvalue weighted by atomic mass is 127. The van der Waals surface area contributed by atoms with Crippen LogP contribution >= 0.6 is 24.0 Å². The van der Waals surface area contributed by atoms with E-state index in [-0.39, 0.29) is 47.9 Å². The van der Waals surface area contributed by atoms with Crippen LogP contribution in [-0.2, 0) is 4.79 Å². The van der Waals surface area contributed by atoms with Crippen LogP contribution in [-0.4, -0.2) is 55.6 Å². The number of nitrogens with one attached hydrogen (secondary N) is 2. The fourth-order valence-electron chi connectivity index (χ4n) is 3.58. The van der Waals surface area contributed by atoms with Crippen molar-refractivity contribution in [1.82, 2.24) is 15.5 Å². The van der Waals surface area contributed by atoms with E-state index in [4.69, 9.17) is 4.74 Å². The van der Waals surface area contributed by atoms with E-state index in [9.17, 15) is 9.18 Å². The molecular formula is C22H36FIN4O2. The molecule has 8 heteroatoms. The molecule has 0 spiro atoms. The third kappa shape index (κ3) is 8.28.